The summed E-state index contributed by atoms with van der Waals surface area (Å²) >= 11 is 0. The highest BCUT2D eigenvalue weighted by Gasteiger charge is 2.40. The van der Waals surface area contributed by atoms with E-state index in [2.05, 4.69) is 20.5 Å². The van der Waals surface area contributed by atoms with E-state index < -0.39 is 0 Å². The molecule has 2 fully saturated rings. The van der Waals surface area contributed by atoms with E-state index in [1.807, 2.05) is 31.7 Å². The maximum atomic E-state index is 13.5. The van der Waals surface area contributed by atoms with E-state index in [0.29, 0.717) is 18.0 Å². The molecule has 4 rings (SSSR count). The van der Waals surface area contributed by atoms with Crippen LogP contribution in [0.25, 0.3) is 0 Å². The topological polar surface area (TPSA) is 21.1 Å². The van der Waals surface area contributed by atoms with Crippen molar-refractivity contribution < 1.29 is 4.39 Å². The number of rotatable bonds is 4. The van der Waals surface area contributed by atoms with Gasteiger partial charge >= 0.3 is 0 Å². The molecule has 1 aromatic carbocycles. The summed E-state index contributed by atoms with van der Waals surface area (Å²) in [5.41, 5.74) is 2.10. The zero-order chi connectivity index (χ0) is 15.8. The van der Waals surface area contributed by atoms with Crippen LogP contribution in [0.15, 0.2) is 36.9 Å². The third-order valence-corrected chi connectivity index (χ3v) is 5.71. The van der Waals surface area contributed by atoms with Crippen LogP contribution in [0.4, 0.5) is 4.39 Å². The Bertz CT molecular complexity index is 653. The van der Waals surface area contributed by atoms with Gasteiger partial charge in [-0.05, 0) is 55.7 Å². The second kappa shape index (κ2) is 6.08. The first-order chi connectivity index (χ1) is 11.2. The van der Waals surface area contributed by atoms with Crippen molar-refractivity contribution in [3.63, 3.8) is 0 Å². The third-order valence-electron chi connectivity index (χ3n) is 5.71. The lowest BCUT2D eigenvalue weighted by molar-refractivity contribution is 0.122. The molecule has 3 atom stereocenters. The molecule has 2 aliphatic heterocycles. The van der Waals surface area contributed by atoms with Crippen LogP contribution in [0.5, 0.6) is 0 Å². The number of fused-ring (bicyclic) bond motifs is 2. The van der Waals surface area contributed by atoms with E-state index in [9.17, 15) is 4.39 Å². The van der Waals surface area contributed by atoms with Gasteiger partial charge in [0.25, 0.3) is 0 Å². The zero-order valence-corrected chi connectivity index (χ0v) is 13.7. The van der Waals surface area contributed by atoms with Crippen molar-refractivity contribution in [1.82, 2.24) is 14.5 Å². The Morgan fingerprint density at radius 3 is 2.61 bits per heavy atom. The lowest BCUT2D eigenvalue weighted by Crippen LogP contribution is -2.43. The highest BCUT2D eigenvalue weighted by molar-refractivity contribution is 5.28. The number of hydrogen-bond acceptors (Lipinski definition) is 2. The largest absolute Gasteiger partial charge is 0.336 e. The maximum Gasteiger partial charge on any atom is 0.126 e. The molecule has 0 amide bonds. The second-order valence-corrected chi connectivity index (χ2v) is 7.10. The monoisotopic (exact) mass is 313 g/mol. The number of imidazole rings is 1. The molecule has 0 N–H and O–H groups in total. The van der Waals surface area contributed by atoms with Gasteiger partial charge in [-0.2, -0.15) is 0 Å². The zero-order valence-electron chi connectivity index (χ0n) is 13.7. The number of piperidine rings is 1. The number of hydrogen-bond donors (Lipinski definition) is 0. The Hall–Kier alpha value is -1.68. The van der Waals surface area contributed by atoms with Crippen LogP contribution < -0.4 is 0 Å². The van der Waals surface area contributed by atoms with Gasteiger partial charge in [0.1, 0.15) is 5.82 Å². The molecule has 3 nitrogen and oxygen atoms in total. The van der Waals surface area contributed by atoms with Gasteiger partial charge in [-0.15, -0.1) is 0 Å². The lowest BCUT2D eigenvalue weighted by Gasteiger charge is -2.39. The number of nitrogens with zero attached hydrogens (tertiary/aromatic N) is 3. The minimum Gasteiger partial charge on any atom is -0.336 e. The SMILES string of the molecule is Cc1cc(C2C[C@H]3CC[C@@H](C2)N3CCn2ccnc2)ccc1F. The molecule has 1 aromatic heterocycles. The van der Waals surface area contributed by atoms with Gasteiger partial charge in [0.2, 0.25) is 0 Å². The minimum absolute atomic E-state index is 0.0884. The average molecular weight is 313 g/mol. The molecule has 0 saturated carbocycles. The molecule has 2 aliphatic rings. The summed E-state index contributed by atoms with van der Waals surface area (Å²) in [6.45, 7) is 4.00. The molecule has 23 heavy (non-hydrogen) atoms. The van der Waals surface area contributed by atoms with Crippen molar-refractivity contribution in [1.29, 1.82) is 0 Å². The van der Waals surface area contributed by atoms with E-state index in [-0.39, 0.29) is 5.82 Å². The molecule has 0 aliphatic carbocycles. The van der Waals surface area contributed by atoms with Crippen LogP contribution in [0.1, 0.15) is 42.7 Å². The Balaban J connectivity index is 1.43. The molecule has 0 radical (unpaired) electrons. The normalized spacial score (nSPS) is 27.5. The van der Waals surface area contributed by atoms with Crippen LogP contribution >= 0.6 is 0 Å². The number of benzene rings is 1. The Morgan fingerprint density at radius 2 is 1.96 bits per heavy atom. The highest BCUT2D eigenvalue weighted by Crippen LogP contribution is 2.43. The quantitative estimate of drug-likeness (QED) is 0.857. The molecule has 2 bridgehead atoms. The number of aromatic nitrogens is 2. The molecule has 4 heteroatoms. The lowest BCUT2D eigenvalue weighted by atomic mass is 9.84. The van der Waals surface area contributed by atoms with Crippen molar-refractivity contribution in [3.05, 3.63) is 53.9 Å². The molecular weight excluding hydrogens is 289 g/mol. The van der Waals surface area contributed by atoms with Crippen LogP contribution in [0.3, 0.4) is 0 Å². The summed E-state index contributed by atoms with van der Waals surface area (Å²) in [5, 5.41) is 0. The molecule has 1 unspecified atom stereocenters. The molecule has 3 heterocycles. The second-order valence-electron chi connectivity index (χ2n) is 7.10. The minimum atomic E-state index is -0.0884. The summed E-state index contributed by atoms with van der Waals surface area (Å²) in [6, 6.07) is 7.06. The maximum absolute atomic E-state index is 13.5. The van der Waals surface area contributed by atoms with Gasteiger partial charge in [-0.3, -0.25) is 4.90 Å². The van der Waals surface area contributed by atoms with Crippen LogP contribution in [-0.2, 0) is 6.54 Å². The fourth-order valence-electron chi connectivity index (χ4n) is 4.48. The van der Waals surface area contributed by atoms with Crippen LogP contribution in [-0.4, -0.2) is 33.1 Å². The predicted octanol–water partition coefficient (Wildman–Crippen LogP) is 3.74. The van der Waals surface area contributed by atoms with Gasteiger partial charge in [0.15, 0.2) is 0 Å². The first-order valence-corrected chi connectivity index (χ1v) is 8.68. The van der Waals surface area contributed by atoms with Gasteiger partial charge in [0.05, 0.1) is 6.33 Å². The summed E-state index contributed by atoms with van der Waals surface area (Å²) in [5.74, 6) is 0.505. The van der Waals surface area contributed by atoms with Gasteiger partial charge in [-0.25, -0.2) is 9.37 Å². The Labute approximate surface area is 137 Å². The van der Waals surface area contributed by atoms with Crippen molar-refractivity contribution in [2.24, 2.45) is 0 Å². The Kier molecular flexibility index (Phi) is 3.93. The summed E-state index contributed by atoms with van der Waals surface area (Å²) < 4.78 is 15.7. The van der Waals surface area contributed by atoms with E-state index in [4.69, 9.17) is 0 Å². The van der Waals surface area contributed by atoms with E-state index >= 15 is 0 Å². The van der Waals surface area contributed by atoms with Crippen LogP contribution in [0.2, 0.25) is 0 Å². The predicted molar refractivity (Wildman–Crippen MR) is 88.9 cm³/mol. The van der Waals surface area contributed by atoms with Gasteiger partial charge in [-0.1, -0.05) is 12.1 Å². The first kappa shape index (κ1) is 14.9. The summed E-state index contributed by atoms with van der Waals surface area (Å²) in [6.07, 6.45) is 10.8. The van der Waals surface area contributed by atoms with E-state index in [0.717, 1.165) is 18.7 Å². The van der Waals surface area contributed by atoms with Gasteiger partial charge < -0.3 is 4.57 Å². The molecule has 2 saturated heterocycles. The number of aryl methyl sites for hydroxylation is 1. The van der Waals surface area contributed by atoms with Crippen molar-refractivity contribution >= 4 is 0 Å². The fraction of sp³-hybridized carbons (Fsp3) is 0.526. The van der Waals surface area contributed by atoms with Crippen molar-refractivity contribution in [2.75, 3.05) is 6.54 Å². The van der Waals surface area contributed by atoms with E-state index in [1.165, 1.54) is 31.2 Å². The highest BCUT2D eigenvalue weighted by atomic mass is 19.1. The van der Waals surface area contributed by atoms with Crippen molar-refractivity contribution in [3.8, 4) is 0 Å². The summed E-state index contributed by atoms with van der Waals surface area (Å²) in [4.78, 5) is 6.82. The van der Waals surface area contributed by atoms with Crippen molar-refractivity contribution in [2.45, 2.75) is 57.2 Å². The standard InChI is InChI=1S/C19H24FN3/c1-14-10-15(2-5-19(14)20)16-11-17-3-4-18(12-16)23(17)9-8-22-7-6-21-13-22/h2,5-7,10,13,16-18H,3-4,8-9,11-12H2,1H3/t16?,17-,18+. The molecule has 2 aromatic rings. The van der Waals surface area contributed by atoms with Gasteiger partial charge in [0, 0.05) is 37.6 Å². The molecule has 122 valence electrons. The summed E-state index contributed by atoms with van der Waals surface area (Å²) in [7, 11) is 0. The Morgan fingerprint density at radius 1 is 1.17 bits per heavy atom. The third kappa shape index (κ3) is 2.92. The smallest absolute Gasteiger partial charge is 0.126 e. The first-order valence-electron chi connectivity index (χ1n) is 8.68. The molecular formula is C19H24FN3. The molecule has 0 spiro atoms. The number of halogens is 1. The van der Waals surface area contributed by atoms with E-state index in [1.54, 1.807) is 6.07 Å². The average Bonchev–Trinajstić information content (AvgIpc) is 3.13. The van der Waals surface area contributed by atoms with Crippen LogP contribution in [0, 0.1) is 12.7 Å². The fourth-order valence-corrected chi connectivity index (χ4v) is 4.48.